The second-order valence-corrected chi connectivity index (χ2v) is 4.10. The molecule has 1 aromatic rings. The summed E-state index contributed by atoms with van der Waals surface area (Å²) in [5.41, 5.74) is 6.58. The highest BCUT2D eigenvalue weighted by Gasteiger charge is 2.24. The summed E-state index contributed by atoms with van der Waals surface area (Å²) < 4.78 is 5.62. The highest BCUT2D eigenvalue weighted by molar-refractivity contribution is 7.98. The van der Waals surface area contributed by atoms with Gasteiger partial charge < -0.3 is 10.5 Å². The maximum absolute atomic E-state index is 5.83. The Balaban J connectivity index is 2.15. The summed E-state index contributed by atoms with van der Waals surface area (Å²) in [4.78, 5) is 1.18. The molecule has 1 aliphatic rings. The van der Waals surface area contributed by atoms with Gasteiger partial charge in [0.15, 0.2) is 0 Å². The number of benzene rings is 1. The van der Waals surface area contributed by atoms with Crippen molar-refractivity contribution in [1.82, 2.24) is 0 Å². The smallest absolute Gasteiger partial charge is 0.142 e. The normalized spacial score (nSPS) is 15.8. The first-order valence-corrected chi connectivity index (χ1v) is 5.62. The SMILES string of the molecule is CSc1ccc(OC2CC2)c(N)c1. The number of hydrogen-bond donors (Lipinski definition) is 1. The molecule has 0 bridgehead atoms. The van der Waals surface area contributed by atoms with Gasteiger partial charge in [0.1, 0.15) is 5.75 Å². The molecule has 0 spiro atoms. The molecule has 0 radical (unpaired) electrons. The molecule has 13 heavy (non-hydrogen) atoms. The lowest BCUT2D eigenvalue weighted by molar-refractivity contribution is 0.305. The third kappa shape index (κ3) is 2.10. The van der Waals surface area contributed by atoms with Gasteiger partial charge in [-0.05, 0) is 37.3 Å². The summed E-state index contributed by atoms with van der Waals surface area (Å²) >= 11 is 1.69. The molecule has 0 amide bonds. The molecule has 2 N–H and O–H groups in total. The van der Waals surface area contributed by atoms with Crippen LogP contribution in [-0.2, 0) is 0 Å². The number of ether oxygens (including phenoxy) is 1. The molecule has 0 saturated heterocycles. The van der Waals surface area contributed by atoms with Crippen molar-refractivity contribution in [3.05, 3.63) is 18.2 Å². The van der Waals surface area contributed by atoms with E-state index in [2.05, 4.69) is 0 Å². The van der Waals surface area contributed by atoms with Crippen LogP contribution in [0.1, 0.15) is 12.8 Å². The number of hydrogen-bond acceptors (Lipinski definition) is 3. The van der Waals surface area contributed by atoms with E-state index in [1.54, 1.807) is 11.8 Å². The van der Waals surface area contributed by atoms with Crippen LogP contribution in [-0.4, -0.2) is 12.4 Å². The predicted octanol–water partition coefficient (Wildman–Crippen LogP) is 2.53. The lowest BCUT2D eigenvalue weighted by Gasteiger charge is -2.08. The van der Waals surface area contributed by atoms with E-state index in [-0.39, 0.29) is 0 Å². The van der Waals surface area contributed by atoms with E-state index in [0.717, 1.165) is 11.4 Å². The molecule has 2 rings (SSSR count). The van der Waals surface area contributed by atoms with Crippen LogP contribution in [0.25, 0.3) is 0 Å². The summed E-state index contributed by atoms with van der Waals surface area (Å²) in [6.07, 6.45) is 4.80. The zero-order valence-corrected chi connectivity index (χ0v) is 8.43. The lowest BCUT2D eigenvalue weighted by Crippen LogP contribution is -1.99. The van der Waals surface area contributed by atoms with Crippen molar-refractivity contribution >= 4 is 17.4 Å². The van der Waals surface area contributed by atoms with Crippen molar-refractivity contribution in [3.63, 3.8) is 0 Å². The topological polar surface area (TPSA) is 35.2 Å². The third-order valence-corrected chi connectivity index (χ3v) is 2.76. The van der Waals surface area contributed by atoms with Crippen molar-refractivity contribution in [2.24, 2.45) is 0 Å². The predicted molar refractivity (Wildman–Crippen MR) is 56.3 cm³/mol. The molecule has 0 unspecified atom stereocenters. The fourth-order valence-corrected chi connectivity index (χ4v) is 1.58. The van der Waals surface area contributed by atoms with Crippen LogP contribution in [0.3, 0.4) is 0 Å². The summed E-state index contributed by atoms with van der Waals surface area (Å²) in [6, 6.07) is 5.96. The zero-order chi connectivity index (χ0) is 9.26. The molecule has 1 aromatic carbocycles. The summed E-state index contributed by atoms with van der Waals surface area (Å²) in [5.74, 6) is 0.834. The van der Waals surface area contributed by atoms with Crippen LogP contribution in [0.5, 0.6) is 5.75 Å². The molecular formula is C10H13NOS. The minimum absolute atomic E-state index is 0.419. The second-order valence-electron chi connectivity index (χ2n) is 3.22. The monoisotopic (exact) mass is 195 g/mol. The van der Waals surface area contributed by atoms with Crippen molar-refractivity contribution in [2.75, 3.05) is 12.0 Å². The van der Waals surface area contributed by atoms with Gasteiger partial charge in [-0.3, -0.25) is 0 Å². The van der Waals surface area contributed by atoms with E-state index < -0.39 is 0 Å². The van der Waals surface area contributed by atoms with E-state index in [1.807, 2.05) is 24.5 Å². The van der Waals surface area contributed by atoms with E-state index in [4.69, 9.17) is 10.5 Å². The molecule has 1 fully saturated rings. The Morgan fingerprint density at radius 2 is 2.23 bits per heavy atom. The fraction of sp³-hybridized carbons (Fsp3) is 0.400. The molecule has 2 nitrogen and oxygen atoms in total. The van der Waals surface area contributed by atoms with E-state index in [9.17, 15) is 0 Å². The molecule has 1 aliphatic carbocycles. The lowest BCUT2D eigenvalue weighted by atomic mass is 10.3. The van der Waals surface area contributed by atoms with Gasteiger partial charge in [-0.25, -0.2) is 0 Å². The van der Waals surface area contributed by atoms with Gasteiger partial charge in [-0.2, -0.15) is 0 Å². The van der Waals surface area contributed by atoms with E-state index in [0.29, 0.717) is 6.10 Å². The number of rotatable bonds is 3. The van der Waals surface area contributed by atoms with E-state index in [1.165, 1.54) is 17.7 Å². The fourth-order valence-electron chi connectivity index (χ4n) is 1.13. The summed E-state index contributed by atoms with van der Waals surface area (Å²) in [6.45, 7) is 0. The first-order chi connectivity index (χ1) is 6.29. The van der Waals surface area contributed by atoms with Crippen LogP contribution in [0, 0.1) is 0 Å². The van der Waals surface area contributed by atoms with Crippen molar-refractivity contribution < 1.29 is 4.74 Å². The second kappa shape index (κ2) is 3.50. The van der Waals surface area contributed by atoms with Crippen LogP contribution in [0.2, 0.25) is 0 Å². The third-order valence-electron chi connectivity index (χ3n) is 2.03. The quantitative estimate of drug-likeness (QED) is 0.594. The maximum atomic E-state index is 5.83. The largest absolute Gasteiger partial charge is 0.488 e. The van der Waals surface area contributed by atoms with E-state index >= 15 is 0 Å². The maximum Gasteiger partial charge on any atom is 0.142 e. The number of nitrogen functional groups attached to an aromatic ring is 1. The van der Waals surface area contributed by atoms with Gasteiger partial charge in [-0.15, -0.1) is 11.8 Å². The van der Waals surface area contributed by atoms with Crippen molar-refractivity contribution in [3.8, 4) is 5.75 Å². The summed E-state index contributed by atoms with van der Waals surface area (Å²) in [5, 5.41) is 0. The van der Waals surface area contributed by atoms with Crippen LogP contribution >= 0.6 is 11.8 Å². The Morgan fingerprint density at radius 1 is 1.46 bits per heavy atom. The van der Waals surface area contributed by atoms with Crippen LogP contribution in [0.4, 0.5) is 5.69 Å². The molecule has 0 atom stereocenters. The molecule has 1 saturated carbocycles. The Hall–Kier alpha value is -0.830. The molecule has 0 aliphatic heterocycles. The minimum Gasteiger partial charge on any atom is -0.488 e. The van der Waals surface area contributed by atoms with Crippen molar-refractivity contribution in [2.45, 2.75) is 23.8 Å². The standard InChI is InChI=1S/C10H13NOS/c1-13-8-4-5-10(9(11)6-8)12-7-2-3-7/h4-7H,2-3,11H2,1H3. The van der Waals surface area contributed by atoms with Gasteiger partial charge in [-0.1, -0.05) is 0 Å². The zero-order valence-electron chi connectivity index (χ0n) is 7.62. The van der Waals surface area contributed by atoms with Crippen LogP contribution < -0.4 is 10.5 Å². The van der Waals surface area contributed by atoms with Crippen molar-refractivity contribution in [1.29, 1.82) is 0 Å². The Kier molecular flexibility index (Phi) is 2.36. The minimum atomic E-state index is 0.419. The first kappa shape index (κ1) is 8.75. The average molecular weight is 195 g/mol. The molecule has 0 heterocycles. The summed E-state index contributed by atoms with van der Waals surface area (Å²) in [7, 11) is 0. The van der Waals surface area contributed by atoms with Gasteiger partial charge in [0, 0.05) is 4.90 Å². The highest BCUT2D eigenvalue weighted by atomic mass is 32.2. The molecule has 70 valence electrons. The van der Waals surface area contributed by atoms with Gasteiger partial charge in [0.05, 0.1) is 11.8 Å². The number of nitrogens with two attached hydrogens (primary N) is 1. The number of anilines is 1. The molecular weight excluding hydrogens is 182 g/mol. The highest BCUT2D eigenvalue weighted by Crippen LogP contribution is 2.32. The van der Waals surface area contributed by atoms with Crippen LogP contribution in [0.15, 0.2) is 23.1 Å². The average Bonchev–Trinajstić information content (AvgIpc) is 2.92. The van der Waals surface area contributed by atoms with Gasteiger partial charge >= 0.3 is 0 Å². The Morgan fingerprint density at radius 3 is 2.77 bits per heavy atom. The molecule has 3 heteroatoms. The van der Waals surface area contributed by atoms with Gasteiger partial charge in [0.2, 0.25) is 0 Å². The number of thioether (sulfide) groups is 1. The molecule has 0 aromatic heterocycles. The first-order valence-electron chi connectivity index (χ1n) is 4.40. The Bertz CT molecular complexity index is 310. The Labute approximate surface area is 82.5 Å². The van der Waals surface area contributed by atoms with Gasteiger partial charge in [0.25, 0.3) is 0 Å².